The Hall–Kier alpha value is -1.25. The molecule has 1 aromatic rings. The van der Waals surface area contributed by atoms with Crippen molar-refractivity contribution in [3.63, 3.8) is 0 Å². The van der Waals surface area contributed by atoms with Gasteiger partial charge in [0.25, 0.3) is 0 Å². The maximum atomic E-state index is 13.0. The summed E-state index contributed by atoms with van der Waals surface area (Å²) in [7, 11) is 0. The van der Waals surface area contributed by atoms with Crippen LogP contribution in [0, 0.1) is 23.6 Å². The Bertz CT molecular complexity index is 446. The zero-order chi connectivity index (χ0) is 11.8. The van der Waals surface area contributed by atoms with Gasteiger partial charge in [-0.1, -0.05) is 6.42 Å². The number of carbonyl (C=O) groups is 1. The molecule has 2 saturated carbocycles. The number of hydrogen-bond donors (Lipinski definition) is 0. The highest BCUT2D eigenvalue weighted by atomic mass is 19.1. The second-order valence-electron chi connectivity index (χ2n) is 5.45. The van der Waals surface area contributed by atoms with E-state index >= 15 is 0 Å². The van der Waals surface area contributed by atoms with E-state index in [0.29, 0.717) is 17.9 Å². The molecule has 3 unspecified atom stereocenters. The zero-order valence-corrected chi connectivity index (χ0v) is 9.73. The summed E-state index contributed by atoms with van der Waals surface area (Å²) in [5.41, 5.74) is 0.424. The van der Waals surface area contributed by atoms with Gasteiger partial charge in [0.2, 0.25) is 0 Å². The second-order valence-corrected chi connectivity index (χ2v) is 5.45. The van der Waals surface area contributed by atoms with E-state index in [4.69, 9.17) is 0 Å². The molecule has 2 fully saturated rings. The smallest absolute Gasteiger partial charge is 0.164 e. The van der Waals surface area contributed by atoms with Gasteiger partial charge in [0, 0.05) is 18.2 Å². The predicted octanol–water partition coefficient (Wildman–Crippen LogP) is 3.23. The lowest BCUT2D eigenvalue weighted by Gasteiger charge is -2.20. The van der Waals surface area contributed by atoms with Crippen LogP contribution >= 0.6 is 0 Å². The molecule has 0 radical (unpaired) electrons. The number of carbonyl (C=O) groups excluding carboxylic acids is 1. The Kier molecular flexibility index (Phi) is 2.69. The average molecular weight is 233 g/mol. The third-order valence-corrected chi connectivity index (χ3v) is 4.36. The van der Waals surface area contributed by atoms with Gasteiger partial charge in [-0.05, 0) is 43.1 Å². The standard InChI is InChI=1S/C14H16FNO/c15-13-5-12(7-16-8-13)14(17)6-11-4-9-1-2-10(11)3-9/h5,7-11H,1-4,6H2. The number of halogens is 1. The minimum absolute atomic E-state index is 0.0505. The van der Waals surface area contributed by atoms with Gasteiger partial charge in [-0.25, -0.2) is 4.39 Å². The van der Waals surface area contributed by atoms with Crippen LogP contribution in [0.1, 0.15) is 42.5 Å². The van der Waals surface area contributed by atoms with Crippen molar-refractivity contribution in [3.8, 4) is 0 Å². The number of ketones is 1. The van der Waals surface area contributed by atoms with Crippen LogP contribution in [0.4, 0.5) is 4.39 Å². The first-order valence-corrected chi connectivity index (χ1v) is 6.36. The highest BCUT2D eigenvalue weighted by Crippen LogP contribution is 2.49. The summed E-state index contributed by atoms with van der Waals surface area (Å²) in [6, 6.07) is 1.29. The van der Waals surface area contributed by atoms with E-state index in [1.54, 1.807) is 0 Å². The van der Waals surface area contributed by atoms with E-state index in [1.807, 2.05) is 0 Å². The van der Waals surface area contributed by atoms with Crippen LogP contribution < -0.4 is 0 Å². The lowest BCUT2D eigenvalue weighted by molar-refractivity contribution is 0.0943. The lowest BCUT2D eigenvalue weighted by atomic mass is 9.84. The molecule has 3 atom stereocenters. The first kappa shape index (κ1) is 10.9. The van der Waals surface area contributed by atoms with Crippen molar-refractivity contribution in [3.05, 3.63) is 29.8 Å². The van der Waals surface area contributed by atoms with Gasteiger partial charge in [-0.3, -0.25) is 9.78 Å². The van der Waals surface area contributed by atoms with Gasteiger partial charge in [0.05, 0.1) is 6.20 Å². The monoisotopic (exact) mass is 233 g/mol. The van der Waals surface area contributed by atoms with Crippen molar-refractivity contribution in [1.29, 1.82) is 0 Å². The summed E-state index contributed by atoms with van der Waals surface area (Å²) in [6.07, 6.45) is 8.30. The Labute approximate surface area is 100 Å². The predicted molar refractivity (Wildman–Crippen MR) is 62.1 cm³/mol. The molecule has 0 N–H and O–H groups in total. The van der Waals surface area contributed by atoms with Crippen LogP contribution in [-0.4, -0.2) is 10.8 Å². The fourth-order valence-corrected chi connectivity index (χ4v) is 3.55. The fraction of sp³-hybridized carbons (Fsp3) is 0.571. The van der Waals surface area contributed by atoms with Crippen molar-refractivity contribution < 1.29 is 9.18 Å². The molecule has 2 bridgehead atoms. The Morgan fingerprint density at radius 1 is 1.35 bits per heavy atom. The van der Waals surface area contributed by atoms with E-state index in [1.165, 1.54) is 37.9 Å². The fourth-order valence-electron chi connectivity index (χ4n) is 3.55. The van der Waals surface area contributed by atoms with Crippen LogP contribution in [0.5, 0.6) is 0 Å². The summed E-state index contributed by atoms with van der Waals surface area (Å²) < 4.78 is 13.0. The van der Waals surface area contributed by atoms with Crippen molar-refractivity contribution in [2.75, 3.05) is 0 Å². The van der Waals surface area contributed by atoms with Gasteiger partial charge in [-0.2, -0.15) is 0 Å². The maximum Gasteiger partial charge on any atom is 0.164 e. The molecular weight excluding hydrogens is 217 g/mol. The SMILES string of the molecule is O=C(CC1CC2CCC1C2)c1cncc(F)c1. The van der Waals surface area contributed by atoms with E-state index in [9.17, 15) is 9.18 Å². The lowest BCUT2D eigenvalue weighted by Crippen LogP contribution is -2.15. The molecule has 3 rings (SSSR count). The molecule has 17 heavy (non-hydrogen) atoms. The second kappa shape index (κ2) is 4.21. The molecule has 3 heteroatoms. The molecular formula is C14H16FNO. The van der Waals surface area contributed by atoms with Crippen LogP contribution in [-0.2, 0) is 0 Å². The largest absolute Gasteiger partial charge is 0.294 e. The van der Waals surface area contributed by atoms with E-state index < -0.39 is 5.82 Å². The number of Topliss-reactive ketones (excluding diaryl/α,β-unsaturated/α-hetero) is 1. The Morgan fingerprint density at radius 3 is 2.88 bits per heavy atom. The highest BCUT2D eigenvalue weighted by Gasteiger charge is 2.40. The van der Waals surface area contributed by atoms with Crippen molar-refractivity contribution in [2.45, 2.75) is 32.1 Å². The normalized spacial score (nSPS) is 30.8. The van der Waals surface area contributed by atoms with Crippen LogP contribution in [0.3, 0.4) is 0 Å². The summed E-state index contributed by atoms with van der Waals surface area (Å²) >= 11 is 0. The quantitative estimate of drug-likeness (QED) is 0.750. The molecule has 1 heterocycles. The summed E-state index contributed by atoms with van der Waals surface area (Å²) in [5, 5.41) is 0. The summed E-state index contributed by atoms with van der Waals surface area (Å²) in [6.45, 7) is 0. The van der Waals surface area contributed by atoms with Gasteiger partial charge < -0.3 is 0 Å². The minimum atomic E-state index is -0.427. The summed E-state index contributed by atoms with van der Waals surface area (Å²) in [4.78, 5) is 15.8. The third kappa shape index (κ3) is 2.11. The minimum Gasteiger partial charge on any atom is -0.294 e. The van der Waals surface area contributed by atoms with Crippen molar-refractivity contribution in [1.82, 2.24) is 4.98 Å². The van der Waals surface area contributed by atoms with Gasteiger partial charge in [0.1, 0.15) is 5.82 Å². The number of nitrogens with zero attached hydrogens (tertiary/aromatic N) is 1. The first-order valence-electron chi connectivity index (χ1n) is 6.36. The first-order chi connectivity index (χ1) is 8.22. The number of pyridine rings is 1. The molecule has 2 aliphatic carbocycles. The van der Waals surface area contributed by atoms with Crippen LogP contribution in [0.15, 0.2) is 18.5 Å². The van der Waals surface area contributed by atoms with Crippen molar-refractivity contribution >= 4 is 5.78 Å². The Morgan fingerprint density at radius 2 is 2.24 bits per heavy atom. The summed E-state index contributed by atoms with van der Waals surface area (Å²) in [5.74, 6) is 1.75. The molecule has 0 aromatic carbocycles. The molecule has 0 spiro atoms. The van der Waals surface area contributed by atoms with Gasteiger partial charge in [0.15, 0.2) is 5.78 Å². The number of hydrogen-bond acceptors (Lipinski definition) is 2. The van der Waals surface area contributed by atoms with Gasteiger partial charge >= 0.3 is 0 Å². The molecule has 0 amide bonds. The number of rotatable bonds is 3. The Balaban J connectivity index is 1.68. The number of fused-ring (bicyclic) bond motifs is 2. The van der Waals surface area contributed by atoms with Crippen LogP contribution in [0.25, 0.3) is 0 Å². The van der Waals surface area contributed by atoms with E-state index in [2.05, 4.69) is 4.98 Å². The third-order valence-electron chi connectivity index (χ3n) is 4.36. The molecule has 90 valence electrons. The zero-order valence-electron chi connectivity index (χ0n) is 9.73. The van der Waals surface area contributed by atoms with E-state index in [0.717, 1.165) is 18.0 Å². The molecule has 2 nitrogen and oxygen atoms in total. The maximum absolute atomic E-state index is 13.0. The van der Waals surface area contributed by atoms with Gasteiger partial charge in [-0.15, -0.1) is 0 Å². The molecule has 1 aromatic heterocycles. The average Bonchev–Trinajstić information content (AvgIpc) is 2.91. The molecule has 0 aliphatic heterocycles. The van der Waals surface area contributed by atoms with Crippen LogP contribution in [0.2, 0.25) is 0 Å². The highest BCUT2D eigenvalue weighted by molar-refractivity contribution is 5.95. The van der Waals surface area contributed by atoms with E-state index in [-0.39, 0.29) is 5.78 Å². The molecule has 2 aliphatic rings. The topological polar surface area (TPSA) is 30.0 Å². The molecule has 0 saturated heterocycles. The number of aromatic nitrogens is 1. The van der Waals surface area contributed by atoms with Crippen molar-refractivity contribution in [2.24, 2.45) is 17.8 Å².